The summed E-state index contributed by atoms with van der Waals surface area (Å²) in [5, 5.41) is 6.63. The fraction of sp³-hybridized carbons (Fsp3) is 0.208. The lowest BCUT2D eigenvalue weighted by Gasteiger charge is -2.18. The SMILES string of the molecule is NC(=O)c1c(NC(=S)NC(=O)C(c2ccccc2)c2ccccc2)sc2c1CCCC2. The number of anilines is 1. The van der Waals surface area contributed by atoms with Crippen LogP contribution in [0.3, 0.4) is 0 Å². The van der Waals surface area contributed by atoms with Gasteiger partial charge in [-0.25, -0.2) is 0 Å². The van der Waals surface area contributed by atoms with Crippen LogP contribution < -0.4 is 16.4 Å². The number of thiophene rings is 1. The first-order chi connectivity index (χ1) is 15.0. The topological polar surface area (TPSA) is 84.2 Å². The molecule has 0 radical (unpaired) electrons. The number of primary amides is 1. The number of carbonyl (C=O) groups excluding carboxylic acids is 2. The average molecular weight is 450 g/mol. The van der Waals surface area contributed by atoms with Crippen LogP contribution in [0.15, 0.2) is 60.7 Å². The van der Waals surface area contributed by atoms with E-state index >= 15 is 0 Å². The van der Waals surface area contributed by atoms with E-state index in [1.807, 2.05) is 60.7 Å². The molecule has 0 bridgehead atoms. The average Bonchev–Trinajstić information content (AvgIpc) is 3.13. The molecule has 2 aromatic carbocycles. The maximum absolute atomic E-state index is 13.2. The summed E-state index contributed by atoms with van der Waals surface area (Å²) < 4.78 is 0. The number of hydrogen-bond acceptors (Lipinski definition) is 4. The lowest BCUT2D eigenvalue weighted by molar-refractivity contribution is -0.120. The van der Waals surface area contributed by atoms with E-state index < -0.39 is 11.8 Å². The Labute approximate surface area is 190 Å². The molecule has 7 heteroatoms. The Balaban J connectivity index is 1.56. The lowest BCUT2D eigenvalue weighted by atomic mass is 9.90. The summed E-state index contributed by atoms with van der Waals surface area (Å²) in [7, 11) is 0. The highest BCUT2D eigenvalue weighted by Crippen LogP contribution is 2.38. The standard InChI is InChI=1S/C24H23N3O2S2/c25-21(28)20-17-13-7-8-14-18(17)31-23(20)27-24(30)26-22(29)19(15-9-3-1-4-10-15)16-11-5-2-6-12-16/h1-6,9-12,19H,7-8,13-14H2,(H2,25,28)(H2,26,27,29,30). The molecule has 0 atom stereocenters. The van der Waals surface area contributed by atoms with Gasteiger partial charge in [0.15, 0.2) is 5.11 Å². The highest BCUT2D eigenvalue weighted by Gasteiger charge is 2.26. The predicted molar refractivity (Wildman–Crippen MR) is 129 cm³/mol. The third-order valence-electron chi connectivity index (χ3n) is 5.41. The van der Waals surface area contributed by atoms with E-state index in [2.05, 4.69) is 10.6 Å². The van der Waals surface area contributed by atoms with Crippen molar-refractivity contribution in [3.8, 4) is 0 Å². The van der Waals surface area contributed by atoms with Gasteiger partial charge in [-0.15, -0.1) is 11.3 Å². The molecule has 0 saturated carbocycles. The Hall–Kier alpha value is -3.03. The van der Waals surface area contributed by atoms with Crippen LogP contribution in [-0.2, 0) is 17.6 Å². The maximum atomic E-state index is 13.2. The van der Waals surface area contributed by atoms with Crippen LogP contribution >= 0.6 is 23.6 Å². The van der Waals surface area contributed by atoms with Crippen LogP contribution in [-0.4, -0.2) is 16.9 Å². The Bertz CT molecular complexity index is 1070. The molecule has 0 fully saturated rings. The van der Waals surface area contributed by atoms with E-state index in [0.717, 1.165) is 42.4 Å². The van der Waals surface area contributed by atoms with Gasteiger partial charge >= 0.3 is 0 Å². The molecule has 5 nitrogen and oxygen atoms in total. The normalized spacial score (nSPS) is 12.8. The van der Waals surface area contributed by atoms with Gasteiger partial charge in [-0.05, 0) is 54.6 Å². The first kappa shape index (κ1) is 21.2. The Morgan fingerprint density at radius 2 is 1.52 bits per heavy atom. The summed E-state index contributed by atoms with van der Waals surface area (Å²) in [5.74, 6) is -1.21. The minimum absolute atomic E-state index is 0.156. The molecule has 1 aliphatic carbocycles. The molecule has 31 heavy (non-hydrogen) atoms. The number of rotatable bonds is 5. The highest BCUT2D eigenvalue weighted by atomic mass is 32.1. The molecule has 2 amide bonds. The van der Waals surface area contributed by atoms with E-state index in [-0.39, 0.29) is 11.0 Å². The van der Waals surface area contributed by atoms with Crippen molar-refractivity contribution in [2.45, 2.75) is 31.6 Å². The number of fused-ring (bicyclic) bond motifs is 1. The minimum Gasteiger partial charge on any atom is -0.365 e. The molecule has 4 rings (SSSR count). The van der Waals surface area contributed by atoms with Crippen LogP contribution in [0.5, 0.6) is 0 Å². The van der Waals surface area contributed by atoms with E-state index in [0.29, 0.717) is 10.6 Å². The molecular weight excluding hydrogens is 426 g/mol. The van der Waals surface area contributed by atoms with Crippen molar-refractivity contribution in [3.05, 3.63) is 87.8 Å². The first-order valence-electron chi connectivity index (χ1n) is 10.2. The number of nitrogens with two attached hydrogens (primary N) is 1. The molecule has 1 aliphatic rings. The van der Waals surface area contributed by atoms with Crippen LogP contribution in [0.4, 0.5) is 5.00 Å². The summed E-state index contributed by atoms with van der Waals surface area (Å²) in [6.07, 6.45) is 3.92. The second kappa shape index (κ2) is 9.41. The quantitative estimate of drug-likeness (QED) is 0.505. The molecule has 1 heterocycles. The molecular formula is C24H23N3O2S2. The van der Waals surface area contributed by atoms with Crippen molar-refractivity contribution in [2.24, 2.45) is 5.73 Å². The number of aryl methyl sites for hydroxylation is 1. The fourth-order valence-corrected chi connectivity index (χ4v) is 5.59. The molecule has 0 saturated heterocycles. The lowest BCUT2D eigenvalue weighted by Crippen LogP contribution is -2.38. The monoisotopic (exact) mass is 449 g/mol. The summed E-state index contributed by atoms with van der Waals surface area (Å²) in [6, 6.07) is 19.2. The summed E-state index contributed by atoms with van der Waals surface area (Å²) >= 11 is 6.93. The molecule has 3 aromatic rings. The van der Waals surface area contributed by atoms with Gasteiger partial charge in [0, 0.05) is 4.88 Å². The number of hydrogen-bond donors (Lipinski definition) is 3. The second-order valence-electron chi connectivity index (χ2n) is 7.48. The van der Waals surface area contributed by atoms with Gasteiger partial charge in [-0.2, -0.15) is 0 Å². The smallest absolute Gasteiger partial charge is 0.251 e. The van der Waals surface area contributed by atoms with Crippen LogP contribution in [0.2, 0.25) is 0 Å². The minimum atomic E-state index is -0.505. The molecule has 0 spiro atoms. The first-order valence-corrected chi connectivity index (χ1v) is 11.4. The van der Waals surface area contributed by atoms with Crippen LogP contribution in [0.1, 0.15) is 50.7 Å². The molecule has 0 aliphatic heterocycles. The van der Waals surface area contributed by atoms with Crippen molar-refractivity contribution < 1.29 is 9.59 Å². The molecule has 4 N–H and O–H groups in total. The number of thiocarbonyl (C=S) groups is 1. The van der Waals surface area contributed by atoms with E-state index in [1.165, 1.54) is 16.2 Å². The second-order valence-corrected chi connectivity index (χ2v) is 8.99. The van der Waals surface area contributed by atoms with Gasteiger partial charge < -0.3 is 16.4 Å². The van der Waals surface area contributed by atoms with E-state index in [9.17, 15) is 9.59 Å². The van der Waals surface area contributed by atoms with Gasteiger partial charge in [0.05, 0.1) is 11.5 Å². The van der Waals surface area contributed by atoms with Gasteiger partial charge in [0.1, 0.15) is 5.00 Å². The Kier molecular flexibility index (Phi) is 6.44. The maximum Gasteiger partial charge on any atom is 0.251 e. The fourth-order valence-electron chi connectivity index (χ4n) is 4.02. The third kappa shape index (κ3) is 4.68. The van der Waals surface area contributed by atoms with Gasteiger partial charge in [-0.3, -0.25) is 9.59 Å². The zero-order valence-corrected chi connectivity index (χ0v) is 18.5. The largest absolute Gasteiger partial charge is 0.365 e. The Morgan fingerprint density at radius 3 is 2.10 bits per heavy atom. The van der Waals surface area contributed by atoms with E-state index in [1.54, 1.807) is 0 Å². The molecule has 1 aromatic heterocycles. The predicted octanol–water partition coefficient (Wildman–Crippen LogP) is 4.37. The number of benzene rings is 2. The van der Waals surface area contributed by atoms with Crippen LogP contribution in [0.25, 0.3) is 0 Å². The van der Waals surface area contributed by atoms with Crippen molar-refractivity contribution in [2.75, 3.05) is 5.32 Å². The molecule has 0 unspecified atom stereocenters. The number of carbonyl (C=O) groups is 2. The van der Waals surface area contributed by atoms with Crippen LogP contribution in [0, 0.1) is 0 Å². The van der Waals surface area contributed by atoms with E-state index in [4.69, 9.17) is 18.0 Å². The van der Waals surface area contributed by atoms with Crippen molar-refractivity contribution in [1.82, 2.24) is 5.32 Å². The summed E-state index contributed by atoms with van der Waals surface area (Å²) in [6.45, 7) is 0. The van der Waals surface area contributed by atoms with Gasteiger partial charge in [0.2, 0.25) is 5.91 Å². The number of nitrogens with one attached hydrogen (secondary N) is 2. The summed E-state index contributed by atoms with van der Waals surface area (Å²) in [5.41, 5.74) is 8.92. The van der Waals surface area contributed by atoms with Gasteiger partial charge in [0.25, 0.3) is 5.91 Å². The van der Waals surface area contributed by atoms with Crippen molar-refractivity contribution in [3.63, 3.8) is 0 Å². The zero-order valence-electron chi connectivity index (χ0n) is 16.9. The number of amides is 2. The Morgan fingerprint density at radius 1 is 0.935 bits per heavy atom. The van der Waals surface area contributed by atoms with Crippen molar-refractivity contribution in [1.29, 1.82) is 0 Å². The molecule has 158 valence electrons. The van der Waals surface area contributed by atoms with Gasteiger partial charge in [-0.1, -0.05) is 60.7 Å². The van der Waals surface area contributed by atoms with Crippen molar-refractivity contribution >= 4 is 45.5 Å². The highest BCUT2D eigenvalue weighted by molar-refractivity contribution is 7.80. The zero-order chi connectivity index (χ0) is 21.8. The third-order valence-corrected chi connectivity index (χ3v) is 6.82. The summed E-state index contributed by atoms with van der Waals surface area (Å²) in [4.78, 5) is 26.5.